The van der Waals surface area contributed by atoms with Crippen molar-refractivity contribution in [2.75, 3.05) is 0 Å². The van der Waals surface area contributed by atoms with Crippen molar-refractivity contribution in [1.82, 2.24) is 19.7 Å². The fourth-order valence-corrected chi connectivity index (χ4v) is 1.84. The third-order valence-electron chi connectivity index (χ3n) is 2.52. The highest BCUT2D eigenvalue weighted by Gasteiger charge is 2.07. The summed E-state index contributed by atoms with van der Waals surface area (Å²) >= 11 is 5.21. The summed E-state index contributed by atoms with van der Waals surface area (Å²) in [7, 11) is 0. The van der Waals surface area contributed by atoms with Gasteiger partial charge in [0.1, 0.15) is 10.5 Å². The fraction of sp³-hybridized carbons (Fsp3) is 0.364. The normalized spacial score (nSPS) is 10.7. The van der Waals surface area contributed by atoms with Crippen molar-refractivity contribution in [2.24, 2.45) is 0 Å². The lowest BCUT2D eigenvalue weighted by molar-refractivity contribution is 0.660. The third-order valence-corrected chi connectivity index (χ3v) is 2.91. The second kappa shape index (κ2) is 4.17. The highest BCUT2D eigenvalue weighted by atomic mass is 32.1. The molecule has 0 saturated carbocycles. The lowest BCUT2D eigenvalue weighted by Gasteiger charge is -2.04. The van der Waals surface area contributed by atoms with Gasteiger partial charge in [0.05, 0.1) is 11.9 Å². The van der Waals surface area contributed by atoms with E-state index in [0.717, 1.165) is 29.2 Å². The summed E-state index contributed by atoms with van der Waals surface area (Å²) in [5.41, 5.74) is 3.06. The zero-order valence-corrected chi connectivity index (χ0v) is 10.4. The van der Waals surface area contributed by atoms with E-state index in [0.29, 0.717) is 4.64 Å². The van der Waals surface area contributed by atoms with Crippen molar-refractivity contribution < 1.29 is 0 Å². The molecule has 2 aromatic rings. The summed E-state index contributed by atoms with van der Waals surface area (Å²) in [5.74, 6) is 0.829. The van der Waals surface area contributed by atoms with Crippen LogP contribution in [-0.2, 0) is 6.54 Å². The van der Waals surface area contributed by atoms with Crippen LogP contribution in [0.2, 0.25) is 0 Å². The number of hydrogen-bond donors (Lipinski definition) is 1. The molecule has 84 valence electrons. The van der Waals surface area contributed by atoms with Crippen LogP contribution in [0.3, 0.4) is 0 Å². The monoisotopic (exact) mass is 234 g/mol. The molecule has 0 fully saturated rings. The SMILES string of the molecule is CCn1cc(-c2[nH]c(C)nc(=S)c2C)cn1. The average molecular weight is 234 g/mol. The summed E-state index contributed by atoms with van der Waals surface area (Å²) in [6.45, 7) is 6.81. The van der Waals surface area contributed by atoms with Crippen LogP contribution in [0.1, 0.15) is 18.3 Å². The standard InChI is InChI=1S/C11H14N4S/c1-4-15-6-9(5-12-15)10-7(2)11(16)14-8(3)13-10/h5-6H,4H2,1-3H3,(H,13,14,16). The van der Waals surface area contributed by atoms with Crippen LogP contribution in [0, 0.1) is 18.5 Å². The van der Waals surface area contributed by atoms with Gasteiger partial charge in [-0.3, -0.25) is 4.68 Å². The topological polar surface area (TPSA) is 46.5 Å². The molecule has 0 unspecified atom stereocenters. The fourth-order valence-electron chi connectivity index (χ4n) is 1.60. The van der Waals surface area contributed by atoms with Gasteiger partial charge in [0.15, 0.2) is 0 Å². The number of aryl methyl sites for hydroxylation is 2. The number of hydrogen-bond acceptors (Lipinski definition) is 3. The quantitative estimate of drug-likeness (QED) is 0.812. The van der Waals surface area contributed by atoms with Gasteiger partial charge < -0.3 is 4.98 Å². The Morgan fingerprint density at radius 2 is 2.19 bits per heavy atom. The lowest BCUT2D eigenvalue weighted by atomic mass is 10.1. The highest BCUT2D eigenvalue weighted by molar-refractivity contribution is 7.71. The summed E-state index contributed by atoms with van der Waals surface area (Å²) in [5, 5.41) is 4.25. The first kappa shape index (κ1) is 11.0. The van der Waals surface area contributed by atoms with Gasteiger partial charge in [-0.1, -0.05) is 12.2 Å². The van der Waals surface area contributed by atoms with E-state index in [9.17, 15) is 0 Å². The molecule has 0 aliphatic carbocycles. The predicted octanol–water partition coefficient (Wildman–Crippen LogP) is 2.64. The van der Waals surface area contributed by atoms with Gasteiger partial charge in [-0.25, -0.2) is 4.98 Å². The average Bonchev–Trinajstić information content (AvgIpc) is 2.71. The maximum atomic E-state index is 5.21. The maximum Gasteiger partial charge on any atom is 0.133 e. The highest BCUT2D eigenvalue weighted by Crippen LogP contribution is 2.20. The molecule has 0 radical (unpaired) electrons. The van der Waals surface area contributed by atoms with Crippen molar-refractivity contribution in [3.05, 3.63) is 28.4 Å². The van der Waals surface area contributed by atoms with E-state index in [1.54, 1.807) is 0 Å². The van der Waals surface area contributed by atoms with Crippen molar-refractivity contribution in [3.8, 4) is 11.3 Å². The first-order valence-corrected chi connectivity index (χ1v) is 5.63. The molecule has 1 N–H and O–H groups in total. The molecule has 0 atom stereocenters. The molecule has 0 aliphatic heterocycles. The number of nitrogens with one attached hydrogen (secondary N) is 1. The second-order valence-corrected chi connectivity index (χ2v) is 4.10. The van der Waals surface area contributed by atoms with Gasteiger partial charge in [0, 0.05) is 23.9 Å². The minimum Gasteiger partial charge on any atom is -0.343 e. The summed E-state index contributed by atoms with van der Waals surface area (Å²) in [4.78, 5) is 7.46. The Morgan fingerprint density at radius 1 is 1.44 bits per heavy atom. The van der Waals surface area contributed by atoms with Gasteiger partial charge in [-0.2, -0.15) is 5.10 Å². The largest absolute Gasteiger partial charge is 0.343 e. The van der Waals surface area contributed by atoms with Crippen LogP contribution in [0.25, 0.3) is 11.3 Å². The molecule has 0 aliphatic rings. The summed E-state index contributed by atoms with van der Waals surface area (Å²) in [6.07, 6.45) is 3.85. The Hall–Kier alpha value is -1.49. The maximum absolute atomic E-state index is 5.21. The first-order chi connectivity index (χ1) is 7.61. The number of aromatic amines is 1. The number of H-pyrrole nitrogens is 1. The van der Waals surface area contributed by atoms with Crippen LogP contribution in [-0.4, -0.2) is 19.7 Å². The van der Waals surface area contributed by atoms with Gasteiger partial charge in [-0.05, 0) is 20.8 Å². The molecule has 2 heterocycles. The van der Waals surface area contributed by atoms with Gasteiger partial charge in [-0.15, -0.1) is 0 Å². The van der Waals surface area contributed by atoms with Crippen LogP contribution in [0.5, 0.6) is 0 Å². The number of nitrogens with zero attached hydrogens (tertiary/aromatic N) is 3. The molecule has 5 heteroatoms. The van der Waals surface area contributed by atoms with E-state index in [1.807, 2.05) is 30.9 Å². The van der Waals surface area contributed by atoms with Crippen molar-refractivity contribution in [3.63, 3.8) is 0 Å². The Kier molecular flexibility index (Phi) is 2.87. The molecule has 2 rings (SSSR count). The molecule has 0 bridgehead atoms. The summed E-state index contributed by atoms with van der Waals surface area (Å²) < 4.78 is 2.54. The Bertz CT molecular complexity index is 568. The Morgan fingerprint density at radius 3 is 2.81 bits per heavy atom. The first-order valence-electron chi connectivity index (χ1n) is 5.22. The minimum absolute atomic E-state index is 0.649. The molecule has 0 aromatic carbocycles. The molecular weight excluding hydrogens is 220 g/mol. The molecule has 2 aromatic heterocycles. The third kappa shape index (κ3) is 1.90. The molecule has 0 saturated heterocycles. The van der Waals surface area contributed by atoms with Gasteiger partial charge >= 0.3 is 0 Å². The van der Waals surface area contributed by atoms with Gasteiger partial charge in [0.25, 0.3) is 0 Å². The predicted molar refractivity (Wildman–Crippen MR) is 65.8 cm³/mol. The minimum atomic E-state index is 0.649. The van der Waals surface area contributed by atoms with E-state index >= 15 is 0 Å². The Balaban J connectivity index is 2.59. The smallest absolute Gasteiger partial charge is 0.133 e. The van der Waals surface area contributed by atoms with Gasteiger partial charge in [0.2, 0.25) is 0 Å². The number of rotatable bonds is 2. The number of aromatic nitrogens is 4. The zero-order valence-electron chi connectivity index (χ0n) is 9.61. The molecule has 4 nitrogen and oxygen atoms in total. The van der Waals surface area contributed by atoms with Crippen molar-refractivity contribution in [2.45, 2.75) is 27.3 Å². The lowest BCUT2D eigenvalue weighted by Crippen LogP contribution is -1.96. The van der Waals surface area contributed by atoms with E-state index in [-0.39, 0.29) is 0 Å². The van der Waals surface area contributed by atoms with Crippen LogP contribution in [0.4, 0.5) is 0 Å². The van der Waals surface area contributed by atoms with Crippen molar-refractivity contribution >= 4 is 12.2 Å². The van der Waals surface area contributed by atoms with Crippen molar-refractivity contribution in [1.29, 1.82) is 0 Å². The van der Waals surface area contributed by atoms with E-state index in [1.165, 1.54) is 0 Å². The molecular formula is C11H14N4S. The zero-order chi connectivity index (χ0) is 11.7. The van der Waals surface area contributed by atoms with Crippen LogP contribution < -0.4 is 0 Å². The molecule has 0 spiro atoms. The molecule has 0 amide bonds. The Labute approximate surface area is 99.4 Å². The second-order valence-electron chi connectivity index (χ2n) is 3.71. The van der Waals surface area contributed by atoms with E-state index < -0.39 is 0 Å². The summed E-state index contributed by atoms with van der Waals surface area (Å²) in [6, 6.07) is 0. The van der Waals surface area contributed by atoms with E-state index in [4.69, 9.17) is 12.2 Å². The van der Waals surface area contributed by atoms with E-state index in [2.05, 4.69) is 22.0 Å². The molecule has 16 heavy (non-hydrogen) atoms. The van der Waals surface area contributed by atoms with Crippen LogP contribution >= 0.6 is 12.2 Å². The van der Waals surface area contributed by atoms with Crippen LogP contribution in [0.15, 0.2) is 12.4 Å².